The highest BCUT2D eigenvalue weighted by Crippen LogP contribution is 2.20. The van der Waals surface area contributed by atoms with Crippen molar-refractivity contribution in [2.75, 3.05) is 0 Å². The molecule has 0 fully saturated rings. The Labute approximate surface area is 80.5 Å². The van der Waals surface area contributed by atoms with Crippen LogP contribution in [0.4, 0.5) is 4.39 Å². The second kappa shape index (κ2) is 4.06. The summed E-state index contributed by atoms with van der Waals surface area (Å²) in [5.41, 5.74) is 0.139. The highest BCUT2D eigenvalue weighted by molar-refractivity contribution is 6.34. The Balaban J connectivity index is 3.09. The summed E-state index contributed by atoms with van der Waals surface area (Å²) in [6.45, 7) is 0. The van der Waals surface area contributed by atoms with E-state index in [-0.39, 0.29) is 22.8 Å². The van der Waals surface area contributed by atoms with Crippen LogP contribution in [0.2, 0.25) is 5.02 Å². The van der Waals surface area contributed by atoms with Crippen LogP contribution in [0.15, 0.2) is 18.2 Å². The van der Waals surface area contributed by atoms with Gasteiger partial charge in [0.2, 0.25) is 0 Å². The Bertz CT molecular complexity index is 379. The van der Waals surface area contributed by atoms with Crippen LogP contribution < -0.4 is 0 Å². The molecule has 13 heavy (non-hydrogen) atoms. The van der Waals surface area contributed by atoms with Gasteiger partial charge in [-0.15, -0.1) is 6.42 Å². The fourth-order valence-electron chi connectivity index (χ4n) is 0.907. The third-order valence-electron chi connectivity index (χ3n) is 1.51. The van der Waals surface area contributed by atoms with E-state index in [4.69, 9.17) is 18.0 Å². The molecular formula is C10H6ClFO. The van der Waals surface area contributed by atoms with Gasteiger partial charge in [0, 0.05) is 5.56 Å². The molecule has 0 bridgehead atoms. The maximum atomic E-state index is 12.8. The van der Waals surface area contributed by atoms with Gasteiger partial charge in [-0.1, -0.05) is 23.6 Å². The summed E-state index contributed by atoms with van der Waals surface area (Å²) in [5, 5.41) is -0.164. The predicted molar refractivity (Wildman–Crippen MR) is 49.2 cm³/mol. The summed E-state index contributed by atoms with van der Waals surface area (Å²) in [6, 6.07) is 4.06. The molecule has 0 aliphatic carbocycles. The fourth-order valence-corrected chi connectivity index (χ4v) is 1.14. The maximum absolute atomic E-state index is 12.8. The largest absolute Gasteiger partial charge is 0.293 e. The normalized spacial score (nSPS) is 9.31. The van der Waals surface area contributed by atoms with Gasteiger partial charge in [-0.25, -0.2) is 4.39 Å². The van der Waals surface area contributed by atoms with Crippen LogP contribution in [0.1, 0.15) is 16.8 Å². The number of hydrogen-bond acceptors (Lipinski definition) is 1. The smallest absolute Gasteiger partial charge is 0.176 e. The molecule has 0 amide bonds. The van der Waals surface area contributed by atoms with E-state index < -0.39 is 5.82 Å². The Hall–Kier alpha value is -1.33. The fraction of sp³-hybridized carbons (Fsp3) is 0.100. The highest BCUT2D eigenvalue weighted by atomic mass is 35.5. The van der Waals surface area contributed by atoms with Gasteiger partial charge in [-0.2, -0.15) is 0 Å². The number of carbonyl (C=O) groups excluding carboxylic acids is 1. The molecule has 0 N–H and O–H groups in total. The lowest BCUT2D eigenvalue weighted by Crippen LogP contribution is -1.99. The quantitative estimate of drug-likeness (QED) is 0.525. The van der Waals surface area contributed by atoms with Crippen molar-refractivity contribution >= 4 is 17.4 Å². The molecule has 0 aromatic heterocycles. The first-order chi connectivity index (χ1) is 6.16. The van der Waals surface area contributed by atoms with E-state index in [1.54, 1.807) is 0 Å². The Kier molecular flexibility index (Phi) is 3.05. The molecule has 0 radical (unpaired) electrons. The molecule has 66 valence electrons. The number of halogens is 2. The monoisotopic (exact) mass is 196 g/mol. The zero-order valence-corrected chi connectivity index (χ0v) is 7.44. The van der Waals surface area contributed by atoms with E-state index in [9.17, 15) is 9.18 Å². The lowest BCUT2D eigenvalue weighted by atomic mass is 10.1. The van der Waals surface area contributed by atoms with Crippen LogP contribution in [-0.2, 0) is 0 Å². The first-order valence-corrected chi connectivity index (χ1v) is 3.95. The number of Topliss-reactive ketones (excluding diaryl/α,β-unsaturated/α-hetero) is 1. The van der Waals surface area contributed by atoms with Crippen LogP contribution in [-0.4, -0.2) is 5.78 Å². The van der Waals surface area contributed by atoms with Crippen LogP contribution in [0.5, 0.6) is 0 Å². The van der Waals surface area contributed by atoms with E-state index in [1.165, 1.54) is 18.2 Å². The molecule has 0 spiro atoms. The predicted octanol–water partition coefficient (Wildman–Crippen LogP) is 2.69. The van der Waals surface area contributed by atoms with Crippen molar-refractivity contribution in [1.29, 1.82) is 0 Å². The van der Waals surface area contributed by atoms with Crippen LogP contribution in [0.3, 0.4) is 0 Å². The second-order valence-corrected chi connectivity index (χ2v) is 2.78. The van der Waals surface area contributed by atoms with E-state index >= 15 is 0 Å². The topological polar surface area (TPSA) is 17.1 Å². The zero-order chi connectivity index (χ0) is 9.84. The van der Waals surface area contributed by atoms with Crippen molar-refractivity contribution in [3.05, 3.63) is 34.6 Å². The number of benzene rings is 1. The number of hydrogen-bond donors (Lipinski definition) is 0. The van der Waals surface area contributed by atoms with E-state index in [2.05, 4.69) is 5.92 Å². The zero-order valence-electron chi connectivity index (χ0n) is 6.68. The van der Waals surface area contributed by atoms with Crippen molar-refractivity contribution in [3.8, 4) is 12.3 Å². The summed E-state index contributed by atoms with van der Waals surface area (Å²) in [7, 11) is 0. The molecule has 0 saturated carbocycles. The minimum Gasteiger partial charge on any atom is -0.293 e. The Morgan fingerprint density at radius 3 is 2.92 bits per heavy atom. The van der Waals surface area contributed by atoms with Gasteiger partial charge in [0.15, 0.2) is 5.78 Å². The van der Waals surface area contributed by atoms with Gasteiger partial charge >= 0.3 is 0 Å². The molecule has 0 atom stereocenters. The molecule has 1 aromatic rings. The van der Waals surface area contributed by atoms with E-state index in [0.717, 1.165) is 0 Å². The molecular weight excluding hydrogens is 191 g/mol. The maximum Gasteiger partial charge on any atom is 0.176 e. The molecule has 0 heterocycles. The summed E-state index contributed by atoms with van der Waals surface area (Å²) in [6.07, 6.45) is 4.88. The van der Waals surface area contributed by atoms with Gasteiger partial charge in [-0.3, -0.25) is 4.79 Å². The van der Waals surface area contributed by atoms with Gasteiger partial charge in [0.25, 0.3) is 0 Å². The first kappa shape index (κ1) is 9.76. The van der Waals surface area contributed by atoms with Crippen molar-refractivity contribution < 1.29 is 9.18 Å². The van der Waals surface area contributed by atoms with Crippen LogP contribution in [0, 0.1) is 18.2 Å². The van der Waals surface area contributed by atoms with Gasteiger partial charge in [-0.05, 0) is 12.1 Å². The van der Waals surface area contributed by atoms with Crippen LogP contribution >= 0.6 is 11.6 Å². The van der Waals surface area contributed by atoms with Crippen LogP contribution in [0.25, 0.3) is 0 Å². The molecule has 0 aliphatic rings. The lowest BCUT2D eigenvalue weighted by Gasteiger charge is -2.00. The summed E-state index contributed by atoms with van der Waals surface area (Å²) >= 11 is 5.56. The minimum absolute atomic E-state index is 0.0663. The molecule has 1 rings (SSSR count). The summed E-state index contributed by atoms with van der Waals surface area (Å²) in [5.74, 6) is 1.23. The van der Waals surface area contributed by atoms with Crippen molar-refractivity contribution in [3.63, 3.8) is 0 Å². The summed E-state index contributed by atoms with van der Waals surface area (Å²) < 4.78 is 12.8. The number of ketones is 1. The average Bonchev–Trinajstić information content (AvgIpc) is 2.10. The third-order valence-corrected chi connectivity index (χ3v) is 1.90. The number of rotatable bonds is 2. The van der Waals surface area contributed by atoms with Crippen molar-refractivity contribution in [2.45, 2.75) is 6.42 Å². The second-order valence-electron chi connectivity index (χ2n) is 2.41. The molecule has 1 aromatic carbocycles. The minimum atomic E-state index is -0.607. The highest BCUT2D eigenvalue weighted by Gasteiger charge is 2.11. The van der Waals surface area contributed by atoms with E-state index in [1.807, 2.05) is 0 Å². The lowest BCUT2D eigenvalue weighted by molar-refractivity contribution is 0.0998. The SMILES string of the molecule is C#CCC(=O)c1cccc(F)c1Cl. The molecule has 0 aliphatic heterocycles. The third kappa shape index (κ3) is 2.07. The Morgan fingerprint density at radius 1 is 1.62 bits per heavy atom. The van der Waals surface area contributed by atoms with E-state index in [0.29, 0.717) is 0 Å². The molecule has 0 saturated heterocycles. The van der Waals surface area contributed by atoms with Gasteiger partial charge in [0.05, 0.1) is 11.4 Å². The standard InChI is InChI=1S/C10H6ClFO/c1-2-4-9(13)7-5-3-6-8(12)10(7)11/h1,3,5-6H,4H2. The Morgan fingerprint density at radius 2 is 2.31 bits per heavy atom. The van der Waals surface area contributed by atoms with Crippen molar-refractivity contribution in [1.82, 2.24) is 0 Å². The molecule has 0 unspecified atom stereocenters. The molecule has 3 heteroatoms. The van der Waals surface area contributed by atoms with Gasteiger partial charge < -0.3 is 0 Å². The molecule has 1 nitrogen and oxygen atoms in total. The number of terminal acetylenes is 1. The average molecular weight is 197 g/mol. The first-order valence-electron chi connectivity index (χ1n) is 3.57. The van der Waals surface area contributed by atoms with Gasteiger partial charge in [0.1, 0.15) is 5.82 Å². The number of carbonyl (C=O) groups is 1. The van der Waals surface area contributed by atoms with Crippen molar-refractivity contribution in [2.24, 2.45) is 0 Å². The summed E-state index contributed by atoms with van der Waals surface area (Å²) in [4.78, 5) is 11.2.